The van der Waals surface area contributed by atoms with Crippen LogP contribution in [0.4, 0.5) is 10.1 Å². The molecule has 1 aliphatic rings. The molecule has 1 N–H and O–H groups in total. The fraction of sp³-hybridized carbons (Fsp3) is 0.208. The smallest absolute Gasteiger partial charge is 0.127 e. The standard InChI is InChI=1S/C24H24FN3/c25-21-12-14-22(15-13-21)27-24-23(20-10-5-2-6-11-20)26-16-7-17-28(24)18-19-8-3-1-4-9-19/h1-6,8-15,23,26H,7,16-18H2. The number of rotatable bonds is 4. The molecule has 28 heavy (non-hydrogen) atoms. The summed E-state index contributed by atoms with van der Waals surface area (Å²) < 4.78 is 13.4. The van der Waals surface area contributed by atoms with Gasteiger partial charge in [0.15, 0.2) is 0 Å². The second-order valence-electron chi connectivity index (χ2n) is 7.00. The number of nitrogens with zero attached hydrogens (tertiary/aromatic N) is 2. The number of aliphatic imine (C=N–C) groups is 1. The molecule has 1 fully saturated rings. The Labute approximate surface area is 165 Å². The van der Waals surface area contributed by atoms with Crippen LogP contribution in [-0.4, -0.2) is 23.8 Å². The highest BCUT2D eigenvalue weighted by Crippen LogP contribution is 2.25. The largest absolute Gasteiger partial charge is 0.354 e. The molecule has 1 atom stereocenters. The molecule has 0 amide bonds. The number of hydrogen-bond donors (Lipinski definition) is 1. The Morgan fingerprint density at radius 1 is 0.893 bits per heavy atom. The number of amidine groups is 1. The van der Waals surface area contributed by atoms with Crippen molar-refractivity contribution in [2.24, 2.45) is 4.99 Å². The Morgan fingerprint density at radius 3 is 2.29 bits per heavy atom. The summed E-state index contributed by atoms with van der Waals surface area (Å²) in [4.78, 5) is 7.31. The minimum atomic E-state index is -0.247. The Hall–Kier alpha value is -2.98. The van der Waals surface area contributed by atoms with Crippen molar-refractivity contribution in [1.29, 1.82) is 0 Å². The van der Waals surface area contributed by atoms with E-state index in [1.807, 2.05) is 12.1 Å². The summed E-state index contributed by atoms with van der Waals surface area (Å²) in [5.41, 5.74) is 3.20. The van der Waals surface area contributed by atoms with Crippen molar-refractivity contribution in [3.05, 3.63) is 102 Å². The molecule has 0 radical (unpaired) electrons. The zero-order valence-electron chi connectivity index (χ0n) is 15.8. The molecular formula is C24H24FN3. The minimum absolute atomic E-state index is 0.00235. The predicted molar refractivity (Wildman–Crippen MR) is 112 cm³/mol. The van der Waals surface area contributed by atoms with Crippen LogP contribution in [0, 0.1) is 5.82 Å². The first-order chi connectivity index (χ1) is 13.8. The number of nitrogens with one attached hydrogen (secondary N) is 1. The van der Waals surface area contributed by atoms with E-state index in [0.29, 0.717) is 0 Å². The van der Waals surface area contributed by atoms with Crippen LogP contribution in [0.2, 0.25) is 0 Å². The van der Waals surface area contributed by atoms with Crippen molar-refractivity contribution in [2.45, 2.75) is 19.0 Å². The van der Waals surface area contributed by atoms with Crippen molar-refractivity contribution in [1.82, 2.24) is 10.2 Å². The van der Waals surface area contributed by atoms with Gasteiger partial charge in [-0.05, 0) is 48.4 Å². The molecule has 0 aliphatic carbocycles. The van der Waals surface area contributed by atoms with Gasteiger partial charge in [0.2, 0.25) is 0 Å². The van der Waals surface area contributed by atoms with Gasteiger partial charge in [-0.1, -0.05) is 60.7 Å². The van der Waals surface area contributed by atoms with E-state index in [1.54, 1.807) is 12.1 Å². The molecule has 1 saturated heterocycles. The molecule has 0 spiro atoms. The van der Waals surface area contributed by atoms with E-state index in [2.05, 4.69) is 58.7 Å². The van der Waals surface area contributed by atoms with E-state index in [1.165, 1.54) is 23.3 Å². The maximum atomic E-state index is 13.4. The maximum Gasteiger partial charge on any atom is 0.127 e. The van der Waals surface area contributed by atoms with E-state index in [0.717, 1.165) is 37.6 Å². The van der Waals surface area contributed by atoms with Crippen molar-refractivity contribution in [3.8, 4) is 0 Å². The summed E-state index contributed by atoms with van der Waals surface area (Å²) in [6.45, 7) is 2.64. The molecule has 3 nitrogen and oxygen atoms in total. The van der Waals surface area contributed by atoms with Gasteiger partial charge in [0, 0.05) is 13.1 Å². The average Bonchev–Trinajstić information content (AvgIpc) is 2.93. The van der Waals surface area contributed by atoms with E-state index < -0.39 is 0 Å². The molecule has 4 rings (SSSR count). The molecule has 0 saturated carbocycles. The lowest BCUT2D eigenvalue weighted by Crippen LogP contribution is -2.37. The summed E-state index contributed by atoms with van der Waals surface area (Å²) in [6, 6.07) is 27.2. The minimum Gasteiger partial charge on any atom is -0.354 e. The Bertz CT molecular complexity index is 908. The van der Waals surface area contributed by atoms with E-state index in [9.17, 15) is 4.39 Å². The molecule has 1 aliphatic heterocycles. The van der Waals surface area contributed by atoms with Crippen LogP contribution in [0.1, 0.15) is 23.6 Å². The molecule has 4 heteroatoms. The monoisotopic (exact) mass is 373 g/mol. The number of benzene rings is 3. The normalized spacial score (nSPS) is 18.8. The molecule has 142 valence electrons. The van der Waals surface area contributed by atoms with Crippen LogP contribution >= 0.6 is 0 Å². The van der Waals surface area contributed by atoms with Crippen molar-refractivity contribution >= 4 is 11.5 Å². The molecule has 1 heterocycles. The summed E-state index contributed by atoms with van der Waals surface area (Å²) in [5, 5.41) is 3.65. The fourth-order valence-corrected chi connectivity index (χ4v) is 3.56. The van der Waals surface area contributed by atoms with Gasteiger partial charge in [-0.3, -0.25) is 0 Å². The quantitative estimate of drug-likeness (QED) is 0.690. The van der Waals surface area contributed by atoms with Crippen LogP contribution in [0.5, 0.6) is 0 Å². The van der Waals surface area contributed by atoms with E-state index in [-0.39, 0.29) is 11.9 Å². The Balaban J connectivity index is 1.74. The first-order valence-corrected chi connectivity index (χ1v) is 9.71. The summed E-state index contributed by atoms with van der Waals surface area (Å²) in [6.07, 6.45) is 1.04. The van der Waals surface area contributed by atoms with Gasteiger partial charge in [-0.25, -0.2) is 9.38 Å². The van der Waals surface area contributed by atoms with Gasteiger partial charge in [0.1, 0.15) is 11.7 Å². The third kappa shape index (κ3) is 4.46. The fourth-order valence-electron chi connectivity index (χ4n) is 3.56. The summed E-state index contributed by atoms with van der Waals surface area (Å²) >= 11 is 0. The molecule has 1 unspecified atom stereocenters. The van der Waals surface area contributed by atoms with Gasteiger partial charge in [0.05, 0.1) is 11.7 Å². The number of halogens is 1. The van der Waals surface area contributed by atoms with Crippen LogP contribution in [-0.2, 0) is 6.54 Å². The van der Waals surface area contributed by atoms with Crippen molar-refractivity contribution in [3.63, 3.8) is 0 Å². The van der Waals surface area contributed by atoms with Gasteiger partial charge in [-0.2, -0.15) is 0 Å². The zero-order valence-corrected chi connectivity index (χ0v) is 15.8. The van der Waals surface area contributed by atoms with E-state index in [4.69, 9.17) is 4.99 Å². The van der Waals surface area contributed by atoms with E-state index >= 15 is 0 Å². The van der Waals surface area contributed by atoms with Crippen LogP contribution < -0.4 is 5.32 Å². The Kier molecular flexibility index (Phi) is 5.78. The average molecular weight is 373 g/mol. The molecular weight excluding hydrogens is 349 g/mol. The topological polar surface area (TPSA) is 27.6 Å². The van der Waals surface area contributed by atoms with Crippen molar-refractivity contribution in [2.75, 3.05) is 13.1 Å². The third-order valence-electron chi connectivity index (χ3n) is 4.95. The molecule has 3 aromatic rings. The zero-order chi connectivity index (χ0) is 19.2. The Morgan fingerprint density at radius 2 is 1.57 bits per heavy atom. The molecule has 0 bridgehead atoms. The SMILES string of the molecule is Fc1ccc(N=C2C(c3ccccc3)NCCCN2Cc2ccccc2)cc1. The van der Waals surface area contributed by atoms with Crippen molar-refractivity contribution < 1.29 is 4.39 Å². The van der Waals surface area contributed by atoms with Crippen LogP contribution in [0.15, 0.2) is 89.9 Å². The highest BCUT2D eigenvalue weighted by Gasteiger charge is 2.26. The molecule has 0 aromatic heterocycles. The summed E-state index contributed by atoms with van der Waals surface area (Å²) in [7, 11) is 0. The predicted octanol–water partition coefficient (Wildman–Crippen LogP) is 5.09. The lowest BCUT2D eigenvalue weighted by molar-refractivity contribution is 0.410. The molecule has 3 aromatic carbocycles. The maximum absolute atomic E-state index is 13.4. The number of hydrogen-bond acceptors (Lipinski definition) is 2. The second kappa shape index (κ2) is 8.81. The van der Waals surface area contributed by atoms with Gasteiger partial charge in [-0.15, -0.1) is 0 Å². The first-order valence-electron chi connectivity index (χ1n) is 9.71. The second-order valence-corrected chi connectivity index (χ2v) is 7.00. The lowest BCUT2D eigenvalue weighted by Gasteiger charge is -2.29. The van der Waals surface area contributed by atoms with Crippen LogP contribution in [0.25, 0.3) is 0 Å². The van der Waals surface area contributed by atoms with Crippen LogP contribution in [0.3, 0.4) is 0 Å². The van der Waals surface area contributed by atoms with Gasteiger partial charge in [0.25, 0.3) is 0 Å². The highest BCUT2D eigenvalue weighted by atomic mass is 19.1. The third-order valence-corrected chi connectivity index (χ3v) is 4.95. The van der Waals surface area contributed by atoms with Gasteiger partial charge >= 0.3 is 0 Å². The van der Waals surface area contributed by atoms with Gasteiger partial charge < -0.3 is 10.2 Å². The first kappa shape index (κ1) is 18.4. The highest BCUT2D eigenvalue weighted by molar-refractivity contribution is 5.91. The lowest BCUT2D eigenvalue weighted by atomic mass is 10.0. The summed E-state index contributed by atoms with van der Waals surface area (Å²) in [5.74, 6) is 0.725.